The van der Waals surface area contributed by atoms with Crippen molar-refractivity contribution >= 4 is 63.1 Å². The van der Waals surface area contributed by atoms with E-state index in [1.807, 2.05) is 47.2 Å². The molecule has 2 heterocycles. The normalized spacial score (nSPS) is 14.8. The van der Waals surface area contributed by atoms with Gasteiger partial charge < -0.3 is 14.6 Å². The summed E-state index contributed by atoms with van der Waals surface area (Å²) in [5.41, 5.74) is 1.42. The Hall–Kier alpha value is -4.22. The second kappa shape index (κ2) is 11.3. The fourth-order valence-corrected chi connectivity index (χ4v) is 5.36. The van der Waals surface area contributed by atoms with Crippen LogP contribution in [0, 0.1) is 0 Å². The first-order chi connectivity index (χ1) is 19.5. The van der Waals surface area contributed by atoms with Gasteiger partial charge in [-0.05, 0) is 59.8 Å². The number of ether oxygens (including phenoxy) is 1. The first-order valence-electron chi connectivity index (χ1n) is 12.2. The van der Waals surface area contributed by atoms with Gasteiger partial charge in [0.2, 0.25) is 5.91 Å². The van der Waals surface area contributed by atoms with Gasteiger partial charge in [-0.2, -0.15) is 13.2 Å². The third-order valence-electron chi connectivity index (χ3n) is 6.35. The number of benzene rings is 3. The Morgan fingerprint density at radius 2 is 1.80 bits per heavy atom. The highest BCUT2D eigenvalue weighted by molar-refractivity contribution is 8.18. The lowest BCUT2D eigenvalue weighted by Gasteiger charge is -2.16. The number of aromatic nitrogens is 1. The lowest BCUT2D eigenvalue weighted by atomic mass is 10.1. The number of para-hydroxylation sites is 1. The molecule has 0 spiro atoms. The van der Waals surface area contributed by atoms with Crippen LogP contribution in [0.2, 0.25) is 5.02 Å². The van der Waals surface area contributed by atoms with Gasteiger partial charge in [0.05, 0.1) is 23.3 Å². The number of hydrogen-bond acceptors (Lipinski definition) is 5. The summed E-state index contributed by atoms with van der Waals surface area (Å²) < 4.78 is 46.5. The van der Waals surface area contributed by atoms with Gasteiger partial charge in [0.15, 0.2) is 0 Å². The zero-order chi connectivity index (χ0) is 29.3. The minimum Gasteiger partial charge on any atom is -0.495 e. The van der Waals surface area contributed by atoms with Crippen molar-refractivity contribution < 1.29 is 32.3 Å². The molecule has 1 fully saturated rings. The van der Waals surface area contributed by atoms with Crippen molar-refractivity contribution in [3.8, 4) is 5.75 Å². The van der Waals surface area contributed by atoms with Crippen LogP contribution < -0.4 is 10.1 Å². The maximum atomic E-state index is 13.1. The number of imide groups is 1. The van der Waals surface area contributed by atoms with E-state index < -0.39 is 35.3 Å². The molecule has 1 aromatic heterocycles. The zero-order valence-electron chi connectivity index (χ0n) is 21.4. The van der Waals surface area contributed by atoms with Crippen LogP contribution in [0.25, 0.3) is 17.0 Å². The minimum absolute atomic E-state index is 0.00428. The molecule has 1 saturated heterocycles. The molecule has 41 heavy (non-hydrogen) atoms. The van der Waals surface area contributed by atoms with E-state index >= 15 is 0 Å². The van der Waals surface area contributed by atoms with Gasteiger partial charge in [0, 0.05) is 34.2 Å². The smallest absolute Gasteiger partial charge is 0.416 e. The molecule has 3 aromatic carbocycles. The maximum absolute atomic E-state index is 13.1. The number of alkyl halides is 3. The van der Waals surface area contributed by atoms with E-state index in [-0.39, 0.29) is 16.3 Å². The molecule has 4 aromatic rings. The molecule has 1 N–H and O–H groups in total. The van der Waals surface area contributed by atoms with Gasteiger partial charge in [0.1, 0.15) is 12.3 Å². The second-order valence-electron chi connectivity index (χ2n) is 9.08. The number of halogens is 4. The molecule has 0 unspecified atom stereocenters. The van der Waals surface area contributed by atoms with Crippen LogP contribution in [0.5, 0.6) is 5.75 Å². The molecule has 3 amide bonds. The van der Waals surface area contributed by atoms with Crippen molar-refractivity contribution in [2.45, 2.75) is 12.7 Å². The second-order valence-corrected chi connectivity index (χ2v) is 10.5. The highest BCUT2D eigenvalue weighted by Crippen LogP contribution is 2.36. The number of fused-ring (bicyclic) bond motifs is 1. The number of carbonyl (C=O) groups is 3. The maximum Gasteiger partial charge on any atom is 0.416 e. The van der Waals surface area contributed by atoms with Crippen LogP contribution in [0.3, 0.4) is 0 Å². The van der Waals surface area contributed by atoms with Crippen LogP contribution >= 0.6 is 23.4 Å². The molecule has 0 saturated carbocycles. The van der Waals surface area contributed by atoms with E-state index in [0.717, 1.165) is 39.6 Å². The first kappa shape index (κ1) is 28.3. The average Bonchev–Trinajstić information content (AvgIpc) is 3.41. The molecule has 1 aliphatic rings. The summed E-state index contributed by atoms with van der Waals surface area (Å²) in [7, 11) is 1.24. The standard InChI is InChI=1S/C29H21ClF3N3O4S/c1-40-24-11-8-19(29(31,32)33)13-22(24)34-26(37)16-36-27(38)25(41-28(36)39)12-18-15-35(23-5-3-2-4-21(18)23)14-17-6-9-20(30)10-7-17/h2-13,15H,14,16H2,1H3,(H,34,37)/b25-12-. The number of methoxy groups -OCH3 is 1. The van der Waals surface area contributed by atoms with Crippen molar-refractivity contribution in [3.05, 3.63) is 99.5 Å². The van der Waals surface area contributed by atoms with E-state index in [1.165, 1.54) is 7.11 Å². The van der Waals surface area contributed by atoms with Gasteiger partial charge in [-0.3, -0.25) is 19.3 Å². The Kier molecular flexibility index (Phi) is 7.83. The van der Waals surface area contributed by atoms with Crippen LogP contribution in [0.4, 0.5) is 23.7 Å². The fourth-order valence-electron chi connectivity index (χ4n) is 4.40. The lowest BCUT2D eigenvalue weighted by Crippen LogP contribution is -2.36. The highest BCUT2D eigenvalue weighted by Gasteiger charge is 2.37. The van der Waals surface area contributed by atoms with Crippen molar-refractivity contribution in [1.82, 2.24) is 9.47 Å². The summed E-state index contributed by atoms with van der Waals surface area (Å²) in [5.74, 6) is -1.54. The molecule has 5 rings (SSSR count). The van der Waals surface area contributed by atoms with Gasteiger partial charge in [-0.15, -0.1) is 0 Å². The van der Waals surface area contributed by atoms with E-state index in [1.54, 1.807) is 18.2 Å². The predicted octanol–water partition coefficient (Wildman–Crippen LogP) is 7.05. The molecule has 210 valence electrons. The molecule has 0 bridgehead atoms. The van der Waals surface area contributed by atoms with E-state index in [0.29, 0.717) is 28.9 Å². The molecule has 0 aliphatic carbocycles. The predicted molar refractivity (Wildman–Crippen MR) is 152 cm³/mol. The van der Waals surface area contributed by atoms with Gasteiger partial charge in [-0.1, -0.05) is 41.9 Å². The summed E-state index contributed by atoms with van der Waals surface area (Å²) in [6.45, 7) is -0.133. The van der Waals surface area contributed by atoms with Crippen molar-refractivity contribution in [3.63, 3.8) is 0 Å². The van der Waals surface area contributed by atoms with E-state index in [2.05, 4.69) is 5.32 Å². The quantitative estimate of drug-likeness (QED) is 0.230. The summed E-state index contributed by atoms with van der Waals surface area (Å²) in [5, 5.41) is 3.13. The number of nitrogens with one attached hydrogen (secondary N) is 1. The van der Waals surface area contributed by atoms with Crippen LogP contribution in [-0.4, -0.2) is 40.2 Å². The van der Waals surface area contributed by atoms with Crippen LogP contribution in [0.15, 0.2) is 77.8 Å². The highest BCUT2D eigenvalue weighted by atomic mass is 35.5. The SMILES string of the molecule is COc1ccc(C(F)(F)F)cc1NC(=O)CN1C(=O)S/C(=C\c2cn(Cc3ccc(Cl)cc3)c3ccccc23)C1=O. The van der Waals surface area contributed by atoms with E-state index in [9.17, 15) is 27.6 Å². The largest absolute Gasteiger partial charge is 0.495 e. The molecule has 1 aliphatic heterocycles. The van der Waals surface area contributed by atoms with Crippen molar-refractivity contribution in [2.75, 3.05) is 19.0 Å². The molecule has 0 atom stereocenters. The van der Waals surface area contributed by atoms with E-state index in [4.69, 9.17) is 16.3 Å². The Morgan fingerprint density at radius 3 is 2.51 bits per heavy atom. The Morgan fingerprint density at radius 1 is 1.07 bits per heavy atom. The summed E-state index contributed by atoms with van der Waals surface area (Å²) >= 11 is 6.69. The Balaban J connectivity index is 1.36. The first-order valence-corrected chi connectivity index (χ1v) is 13.4. The van der Waals surface area contributed by atoms with Crippen molar-refractivity contribution in [1.29, 1.82) is 0 Å². The molecule has 7 nitrogen and oxygen atoms in total. The monoisotopic (exact) mass is 599 g/mol. The number of rotatable bonds is 7. The average molecular weight is 600 g/mol. The Bertz CT molecular complexity index is 1700. The number of amides is 3. The number of hydrogen-bond donors (Lipinski definition) is 1. The molecular formula is C29H21ClF3N3O4S. The van der Waals surface area contributed by atoms with Crippen LogP contribution in [0.1, 0.15) is 16.7 Å². The minimum atomic E-state index is -4.64. The summed E-state index contributed by atoms with van der Waals surface area (Å²) in [6.07, 6.45) is -1.17. The van der Waals surface area contributed by atoms with Gasteiger partial charge in [-0.25, -0.2) is 0 Å². The van der Waals surface area contributed by atoms with Gasteiger partial charge >= 0.3 is 6.18 Å². The number of thioether (sulfide) groups is 1. The summed E-state index contributed by atoms with van der Waals surface area (Å²) in [6, 6.07) is 17.7. The van der Waals surface area contributed by atoms with Gasteiger partial charge in [0.25, 0.3) is 11.1 Å². The number of anilines is 1. The van der Waals surface area contributed by atoms with Crippen molar-refractivity contribution in [2.24, 2.45) is 0 Å². The van der Waals surface area contributed by atoms with Crippen LogP contribution in [-0.2, 0) is 22.3 Å². The number of nitrogens with zero attached hydrogens (tertiary/aromatic N) is 2. The summed E-state index contributed by atoms with van der Waals surface area (Å²) in [4.78, 5) is 39.4. The topological polar surface area (TPSA) is 80.6 Å². The number of carbonyl (C=O) groups excluding carboxylic acids is 3. The molecule has 12 heteroatoms. The molecule has 0 radical (unpaired) electrons. The lowest BCUT2D eigenvalue weighted by molar-refractivity contribution is -0.137. The fraction of sp³-hybridized carbons (Fsp3) is 0.138. The molecular weight excluding hydrogens is 579 g/mol. The third-order valence-corrected chi connectivity index (χ3v) is 7.51. The zero-order valence-corrected chi connectivity index (χ0v) is 22.9. The Labute approximate surface area is 241 Å². The third kappa shape index (κ3) is 6.10.